The number of fused-ring (bicyclic) bond motifs is 2. The minimum atomic E-state index is -4.57. The van der Waals surface area contributed by atoms with Gasteiger partial charge in [-0.1, -0.05) is 28.9 Å². The van der Waals surface area contributed by atoms with E-state index in [2.05, 4.69) is 30.9 Å². The molecule has 1 aromatic carbocycles. The van der Waals surface area contributed by atoms with Crippen molar-refractivity contribution in [1.82, 2.24) is 19.5 Å². The molecule has 6 nitrogen and oxygen atoms in total. The molecule has 0 saturated heterocycles. The minimum absolute atomic E-state index is 0.000116. The number of sulfone groups is 1. The van der Waals surface area contributed by atoms with Crippen molar-refractivity contribution in [2.24, 2.45) is 7.05 Å². The molecule has 0 atom stereocenters. The molecule has 3 aromatic heterocycles. The summed E-state index contributed by atoms with van der Waals surface area (Å²) in [6.45, 7) is 1.52. The first-order chi connectivity index (χ1) is 14.0. The van der Waals surface area contributed by atoms with Gasteiger partial charge in [-0.05, 0) is 18.2 Å². The Morgan fingerprint density at radius 2 is 1.87 bits per heavy atom. The van der Waals surface area contributed by atoms with Gasteiger partial charge in [-0.3, -0.25) is 4.98 Å². The summed E-state index contributed by atoms with van der Waals surface area (Å²) in [5, 5.41) is 1.07. The number of benzene rings is 1. The van der Waals surface area contributed by atoms with Gasteiger partial charge < -0.3 is 4.57 Å². The maximum atomic E-state index is 13.0. The molecule has 0 aliphatic heterocycles. The molecule has 4 aromatic rings. The molecule has 0 fully saturated rings. The van der Waals surface area contributed by atoms with Crippen molar-refractivity contribution in [2.45, 2.75) is 18.0 Å². The van der Waals surface area contributed by atoms with Crippen molar-refractivity contribution in [1.29, 1.82) is 0 Å². The van der Waals surface area contributed by atoms with E-state index in [1.807, 2.05) is 0 Å². The summed E-state index contributed by atoms with van der Waals surface area (Å²) < 4.78 is 67.3. The molecule has 4 rings (SSSR count). The summed E-state index contributed by atoms with van der Waals surface area (Å²) in [5.74, 6) is -0.0502. The second kappa shape index (κ2) is 7.02. The highest BCUT2D eigenvalue weighted by Crippen LogP contribution is 2.35. The van der Waals surface area contributed by atoms with Crippen LogP contribution in [0.5, 0.6) is 0 Å². The van der Waals surface area contributed by atoms with Gasteiger partial charge in [0, 0.05) is 34.7 Å². The normalized spacial score (nSPS) is 12.7. The van der Waals surface area contributed by atoms with E-state index in [0.29, 0.717) is 10.8 Å². The average molecular weight is 499 g/mol. The molecule has 156 valence electrons. The molecule has 0 amide bonds. The Morgan fingerprint density at radius 1 is 1.13 bits per heavy atom. The van der Waals surface area contributed by atoms with Crippen LogP contribution >= 0.6 is 15.9 Å². The van der Waals surface area contributed by atoms with Crippen LogP contribution in [-0.4, -0.2) is 33.7 Å². The molecule has 0 unspecified atom stereocenters. The zero-order valence-electron chi connectivity index (χ0n) is 15.7. The predicted octanol–water partition coefficient (Wildman–Crippen LogP) is 4.76. The molecule has 0 saturated carbocycles. The Kier molecular flexibility index (Phi) is 4.85. The molecule has 0 aliphatic carbocycles. The summed E-state index contributed by atoms with van der Waals surface area (Å²) >= 11 is 3.35. The average Bonchev–Trinajstić information content (AvgIpc) is 3.02. The van der Waals surface area contributed by atoms with Gasteiger partial charge in [0.15, 0.2) is 21.3 Å². The van der Waals surface area contributed by atoms with Crippen LogP contribution in [0.25, 0.3) is 33.5 Å². The summed E-state index contributed by atoms with van der Waals surface area (Å²) in [7, 11) is -2.18. The fourth-order valence-electron chi connectivity index (χ4n) is 3.23. The molecule has 11 heteroatoms. The second-order valence-corrected chi connectivity index (χ2v) is 9.76. The number of hydrogen-bond acceptors (Lipinski definition) is 5. The lowest BCUT2D eigenvalue weighted by atomic mass is 10.1. The number of halogens is 4. The van der Waals surface area contributed by atoms with Gasteiger partial charge in [0.05, 0.1) is 11.3 Å². The lowest BCUT2D eigenvalue weighted by Crippen LogP contribution is -2.09. The van der Waals surface area contributed by atoms with Crippen molar-refractivity contribution >= 4 is 47.7 Å². The zero-order valence-corrected chi connectivity index (χ0v) is 18.1. The van der Waals surface area contributed by atoms with E-state index in [0.717, 1.165) is 16.7 Å². The van der Waals surface area contributed by atoms with Crippen LogP contribution in [0.3, 0.4) is 0 Å². The van der Waals surface area contributed by atoms with E-state index in [1.165, 1.54) is 17.7 Å². The molecule has 0 N–H and O–H groups in total. The summed E-state index contributed by atoms with van der Waals surface area (Å²) in [4.78, 5) is 12.4. The van der Waals surface area contributed by atoms with Crippen LogP contribution in [-0.2, 0) is 23.1 Å². The number of hydrogen-bond donors (Lipinski definition) is 0. The summed E-state index contributed by atoms with van der Waals surface area (Å²) in [5.41, 5.74) is -0.673. The SMILES string of the molecule is CCS(=O)(=O)c1c(-c2nc3cc(C(F)(F)F)cnc3n2C)ncc2cc(Br)ccc12. The zero-order chi connectivity index (χ0) is 21.8. The first kappa shape index (κ1) is 20.7. The van der Waals surface area contributed by atoms with E-state index < -0.39 is 21.6 Å². The lowest BCUT2D eigenvalue weighted by Gasteiger charge is -2.12. The first-order valence-electron chi connectivity index (χ1n) is 8.74. The van der Waals surface area contributed by atoms with E-state index >= 15 is 0 Å². The Hall–Kier alpha value is -2.53. The smallest absolute Gasteiger partial charge is 0.310 e. The summed E-state index contributed by atoms with van der Waals surface area (Å²) in [6.07, 6.45) is -2.33. The van der Waals surface area contributed by atoms with E-state index in [9.17, 15) is 21.6 Å². The largest absolute Gasteiger partial charge is 0.417 e. The molecular weight excluding hydrogens is 485 g/mol. The van der Waals surface area contributed by atoms with Crippen molar-refractivity contribution in [3.05, 3.63) is 46.7 Å². The van der Waals surface area contributed by atoms with Crippen molar-refractivity contribution in [2.75, 3.05) is 5.75 Å². The third kappa shape index (κ3) is 3.35. The van der Waals surface area contributed by atoms with Crippen molar-refractivity contribution in [3.63, 3.8) is 0 Å². The number of pyridine rings is 2. The van der Waals surface area contributed by atoms with Crippen molar-refractivity contribution in [3.8, 4) is 11.5 Å². The third-order valence-electron chi connectivity index (χ3n) is 4.75. The molecule has 0 spiro atoms. The molecule has 0 bridgehead atoms. The monoisotopic (exact) mass is 498 g/mol. The van der Waals surface area contributed by atoms with Gasteiger partial charge >= 0.3 is 6.18 Å². The maximum absolute atomic E-state index is 13.0. The second-order valence-electron chi connectivity index (χ2n) is 6.63. The van der Waals surface area contributed by atoms with Crippen LogP contribution in [0.2, 0.25) is 0 Å². The highest BCUT2D eigenvalue weighted by Gasteiger charge is 2.32. The molecule has 0 radical (unpaired) electrons. The highest BCUT2D eigenvalue weighted by molar-refractivity contribution is 9.10. The Bertz CT molecular complexity index is 1420. The highest BCUT2D eigenvalue weighted by atomic mass is 79.9. The molecule has 30 heavy (non-hydrogen) atoms. The minimum Gasteiger partial charge on any atom is -0.310 e. The quantitative estimate of drug-likeness (QED) is 0.407. The Balaban J connectivity index is 2.06. The lowest BCUT2D eigenvalue weighted by molar-refractivity contribution is -0.137. The van der Waals surface area contributed by atoms with E-state index in [4.69, 9.17) is 0 Å². The van der Waals surface area contributed by atoms with E-state index in [-0.39, 0.29) is 33.3 Å². The van der Waals surface area contributed by atoms with Gasteiger partial charge in [-0.2, -0.15) is 13.2 Å². The van der Waals surface area contributed by atoms with Crippen LogP contribution in [0, 0.1) is 0 Å². The van der Waals surface area contributed by atoms with Crippen LogP contribution in [0.1, 0.15) is 12.5 Å². The standard InChI is InChI=1S/C19H14BrF3N4O2S/c1-3-30(28,29)16-13-5-4-12(20)6-10(13)8-24-15(16)18-26-14-7-11(19(21,22)23)9-25-17(14)27(18)2/h4-9H,3H2,1-2H3. The fourth-order valence-corrected chi connectivity index (χ4v) is 4.86. The third-order valence-corrected chi connectivity index (χ3v) is 7.03. The van der Waals surface area contributed by atoms with Crippen LogP contribution < -0.4 is 0 Å². The number of aromatic nitrogens is 4. The first-order valence-corrected chi connectivity index (χ1v) is 11.2. The Labute approximate surface area is 177 Å². The van der Waals surface area contributed by atoms with Crippen LogP contribution in [0.4, 0.5) is 13.2 Å². The number of rotatable bonds is 3. The maximum Gasteiger partial charge on any atom is 0.417 e. The number of nitrogens with zero attached hydrogens (tertiary/aromatic N) is 4. The number of alkyl halides is 3. The van der Waals surface area contributed by atoms with Gasteiger partial charge in [-0.25, -0.2) is 18.4 Å². The van der Waals surface area contributed by atoms with Gasteiger partial charge in [0.25, 0.3) is 0 Å². The Morgan fingerprint density at radius 3 is 2.53 bits per heavy atom. The predicted molar refractivity (Wildman–Crippen MR) is 110 cm³/mol. The fraction of sp³-hybridized carbons (Fsp3) is 0.211. The molecule has 3 heterocycles. The van der Waals surface area contributed by atoms with Gasteiger partial charge in [0.1, 0.15) is 16.1 Å². The topological polar surface area (TPSA) is 77.7 Å². The molecule has 0 aliphatic rings. The van der Waals surface area contributed by atoms with Gasteiger partial charge in [-0.15, -0.1) is 0 Å². The number of imidazole rings is 1. The van der Waals surface area contributed by atoms with Gasteiger partial charge in [0.2, 0.25) is 0 Å². The summed E-state index contributed by atoms with van der Waals surface area (Å²) in [6, 6.07) is 6.01. The molecular formula is C19H14BrF3N4O2S. The van der Waals surface area contributed by atoms with E-state index in [1.54, 1.807) is 25.2 Å². The van der Waals surface area contributed by atoms with Crippen molar-refractivity contribution < 1.29 is 21.6 Å². The number of aryl methyl sites for hydroxylation is 1. The van der Waals surface area contributed by atoms with Crippen LogP contribution in [0.15, 0.2) is 46.0 Å².